The molecule has 0 fully saturated rings. The van der Waals surface area contributed by atoms with Crippen molar-refractivity contribution in [3.8, 4) is 0 Å². The average molecular weight is 863 g/mol. The second-order valence-electron chi connectivity index (χ2n) is 19.3. The predicted octanol–water partition coefficient (Wildman–Crippen LogP) is 17.8. The molecule has 0 aromatic rings. The van der Waals surface area contributed by atoms with Gasteiger partial charge in [-0.05, 0) is 25.2 Å². The summed E-state index contributed by atoms with van der Waals surface area (Å²) >= 11 is 0. The Hall–Kier alpha value is -1.59. The minimum absolute atomic E-state index is 0.0623. The molecule has 0 spiro atoms. The van der Waals surface area contributed by atoms with E-state index < -0.39 is 6.10 Å². The number of esters is 3. The maximum Gasteiger partial charge on any atom is 0.306 e. The van der Waals surface area contributed by atoms with Crippen LogP contribution >= 0.6 is 0 Å². The minimum atomic E-state index is -0.761. The second kappa shape index (κ2) is 49.4. The van der Waals surface area contributed by atoms with E-state index in [1.54, 1.807) is 0 Å². The maximum absolute atomic E-state index is 12.8. The first-order valence-corrected chi connectivity index (χ1v) is 27.4. The summed E-state index contributed by atoms with van der Waals surface area (Å²) in [5, 5.41) is 0. The van der Waals surface area contributed by atoms with Crippen molar-refractivity contribution >= 4 is 17.9 Å². The number of hydrogen-bond donors (Lipinski definition) is 0. The Morgan fingerprint density at radius 3 is 0.803 bits per heavy atom. The van der Waals surface area contributed by atoms with E-state index >= 15 is 0 Å². The first-order chi connectivity index (χ1) is 29.9. The van der Waals surface area contributed by atoms with Crippen molar-refractivity contribution in [1.29, 1.82) is 0 Å². The van der Waals surface area contributed by atoms with Gasteiger partial charge in [0.05, 0.1) is 0 Å². The molecule has 0 radical (unpaired) electrons. The van der Waals surface area contributed by atoms with Gasteiger partial charge < -0.3 is 14.2 Å². The lowest BCUT2D eigenvalue weighted by Crippen LogP contribution is -2.30. The molecule has 0 saturated heterocycles. The van der Waals surface area contributed by atoms with Crippen LogP contribution in [0, 0.1) is 5.92 Å². The largest absolute Gasteiger partial charge is 0.462 e. The Morgan fingerprint density at radius 2 is 0.541 bits per heavy atom. The maximum atomic E-state index is 12.8. The van der Waals surface area contributed by atoms with Gasteiger partial charge in [-0.25, -0.2) is 0 Å². The highest BCUT2D eigenvalue weighted by molar-refractivity contribution is 5.71. The Labute approximate surface area is 380 Å². The average Bonchev–Trinajstić information content (AvgIpc) is 3.24. The molecule has 0 aliphatic heterocycles. The normalized spacial score (nSPS) is 12.0. The van der Waals surface area contributed by atoms with Gasteiger partial charge in [0.2, 0.25) is 0 Å². The lowest BCUT2D eigenvalue weighted by Gasteiger charge is -2.18. The standard InChI is InChI=1S/C55H106O6/c1-5-7-9-11-13-15-17-18-19-20-23-28-32-36-40-44-48-55(58)61-52(49-59-53(56)46-42-38-34-30-25-16-14-12-10-8-6-2)50-60-54(57)47-43-39-35-31-27-24-21-22-26-29-33-37-41-45-51(3)4/h51-52H,5-50H2,1-4H3/t52-/m0/s1. The fourth-order valence-corrected chi connectivity index (χ4v) is 8.39. The molecule has 6 nitrogen and oxygen atoms in total. The molecule has 0 aliphatic carbocycles. The van der Waals surface area contributed by atoms with Crippen LogP contribution in [0.15, 0.2) is 0 Å². The third-order valence-corrected chi connectivity index (χ3v) is 12.5. The smallest absolute Gasteiger partial charge is 0.306 e. The Morgan fingerprint density at radius 1 is 0.311 bits per heavy atom. The van der Waals surface area contributed by atoms with Crippen molar-refractivity contribution in [2.45, 2.75) is 316 Å². The molecule has 0 rings (SSSR count). The highest BCUT2D eigenvalue weighted by Gasteiger charge is 2.19. The number of carbonyl (C=O) groups is 3. The van der Waals surface area contributed by atoms with Crippen LogP contribution < -0.4 is 0 Å². The minimum Gasteiger partial charge on any atom is -0.462 e. The van der Waals surface area contributed by atoms with Crippen molar-refractivity contribution in [1.82, 2.24) is 0 Å². The van der Waals surface area contributed by atoms with E-state index in [0.29, 0.717) is 19.3 Å². The van der Waals surface area contributed by atoms with Crippen LogP contribution in [0.2, 0.25) is 0 Å². The van der Waals surface area contributed by atoms with Crippen molar-refractivity contribution in [2.75, 3.05) is 13.2 Å². The zero-order valence-electron chi connectivity index (χ0n) is 41.6. The van der Waals surface area contributed by atoms with Gasteiger partial charge in [0.1, 0.15) is 13.2 Å². The van der Waals surface area contributed by atoms with E-state index in [0.717, 1.165) is 63.7 Å². The summed E-state index contributed by atoms with van der Waals surface area (Å²) in [5.74, 6) is -0.000320. The van der Waals surface area contributed by atoms with E-state index in [1.165, 1.54) is 205 Å². The summed E-state index contributed by atoms with van der Waals surface area (Å²) in [6.45, 7) is 9.04. The van der Waals surface area contributed by atoms with Crippen molar-refractivity contribution < 1.29 is 28.6 Å². The first-order valence-electron chi connectivity index (χ1n) is 27.4. The lowest BCUT2D eigenvalue weighted by molar-refractivity contribution is -0.167. The third-order valence-electron chi connectivity index (χ3n) is 12.5. The van der Waals surface area contributed by atoms with Gasteiger partial charge in [0.15, 0.2) is 6.10 Å². The molecule has 362 valence electrons. The zero-order valence-corrected chi connectivity index (χ0v) is 41.6. The fraction of sp³-hybridized carbons (Fsp3) is 0.945. The molecule has 0 heterocycles. The number of unbranched alkanes of at least 4 members (excludes halogenated alkanes) is 37. The van der Waals surface area contributed by atoms with E-state index in [1.807, 2.05) is 0 Å². The molecular weight excluding hydrogens is 757 g/mol. The van der Waals surface area contributed by atoms with Crippen LogP contribution in [-0.4, -0.2) is 37.2 Å². The van der Waals surface area contributed by atoms with Gasteiger partial charge >= 0.3 is 17.9 Å². The molecule has 0 amide bonds. The van der Waals surface area contributed by atoms with Crippen LogP contribution in [0.4, 0.5) is 0 Å². The third kappa shape index (κ3) is 49.3. The summed E-state index contributed by atoms with van der Waals surface area (Å²) in [6.07, 6.45) is 52.3. The van der Waals surface area contributed by atoms with E-state index in [-0.39, 0.29) is 31.1 Å². The molecule has 0 N–H and O–H groups in total. The van der Waals surface area contributed by atoms with Gasteiger partial charge in [-0.2, -0.15) is 0 Å². The molecule has 0 aromatic heterocycles. The number of hydrogen-bond acceptors (Lipinski definition) is 6. The Balaban J connectivity index is 4.28. The van der Waals surface area contributed by atoms with Crippen molar-refractivity contribution in [2.24, 2.45) is 5.92 Å². The molecule has 0 aromatic carbocycles. The zero-order chi connectivity index (χ0) is 44.5. The van der Waals surface area contributed by atoms with Crippen LogP contribution in [-0.2, 0) is 28.6 Å². The second-order valence-corrected chi connectivity index (χ2v) is 19.3. The molecule has 0 saturated carbocycles. The number of rotatable bonds is 50. The number of carbonyl (C=O) groups excluding carboxylic acids is 3. The SMILES string of the molecule is CCCCCCCCCCCCCCCCCCC(=O)O[C@@H](COC(=O)CCCCCCCCCCCCC)COC(=O)CCCCCCCCCCCCCCCC(C)C. The van der Waals surface area contributed by atoms with Gasteiger partial charge in [-0.1, -0.05) is 272 Å². The van der Waals surface area contributed by atoms with Crippen molar-refractivity contribution in [3.05, 3.63) is 0 Å². The summed E-state index contributed by atoms with van der Waals surface area (Å²) in [7, 11) is 0. The molecule has 0 bridgehead atoms. The highest BCUT2D eigenvalue weighted by Crippen LogP contribution is 2.17. The molecule has 61 heavy (non-hydrogen) atoms. The lowest BCUT2D eigenvalue weighted by atomic mass is 10.0. The van der Waals surface area contributed by atoms with E-state index in [4.69, 9.17) is 14.2 Å². The Bertz CT molecular complexity index is 918. The summed E-state index contributed by atoms with van der Waals surface area (Å²) in [5.41, 5.74) is 0. The molecule has 6 heteroatoms. The van der Waals surface area contributed by atoms with Crippen molar-refractivity contribution in [3.63, 3.8) is 0 Å². The number of ether oxygens (including phenoxy) is 3. The monoisotopic (exact) mass is 863 g/mol. The van der Waals surface area contributed by atoms with Crippen LogP contribution in [0.3, 0.4) is 0 Å². The van der Waals surface area contributed by atoms with Gasteiger partial charge in [0.25, 0.3) is 0 Å². The molecular formula is C55H106O6. The van der Waals surface area contributed by atoms with Crippen LogP contribution in [0.1, 0.15) is 310 Å². The van der Waals surface area contributed by atoms with E-state index in [2.05, 4.69) is 27.7 Å². The highest BCUT2D eigenvalue weighted by atomic mass is 16.6. The Kier molecular flexibility index (Phi) is 48.1. The molecule has 0 aliphatic rings. The quantitative estimate of drug-likeness (QED) is 0.0344. The first kappa shape index (κ1) is 59.4. The van der Waals surface area contributed by atoms with Gasteiger partial charge in [-0.15, -0.1) is 0 Å². The van der Waals surface area contributed by atoms with Crippen LogP contribution in [0.5, 0.6) is 0 Å². The molecule has 1 atom stereocenters. The fourth-order valence-electron chi connectivity index (χ4n) is 8.39. The molecule has 0 unspecified atom stereocenters. The summed E-state index contributed by atoms with van der Waals surface area (Å²) < 4.78 is 16.8. The van der Waals surface area contributed by atoms with Gasteiger partial charge in [0, 0.05) is 19.3 Å². The topological polar surface area (TPSA) is 78.9 Å². The van der Waals surface area contributed by atoms with Gasteiger partial charge in [-0.3, -0.25) is 14.4 Å². The van der Waals surface area contributed by atoms with E-state index in [9.17, 15) is 14.4 Å². The predicted molar refractivity (Wildman–Crippen MR) is 261 cm³/mol. The summed E-state index contributed by atoms with van der Waals surface area (Å²) in [4.78, 5) is 38.0. The van der Waals surface area contributed by atoms with Crippen LogP contribution in [0.25, 0.3) is 0 Å². The summed E-state index contributed by atoms with van der Waals surface area (Å²) in [6, 6.07) is 0.